The summed E-state index contributed by atoms with van der Waals surface area (Å²) in [5.74, 6) is -0.248. The Kier molecular flexibility index (Phi) is 6.70. The molecule has 0 aliphatic carbocycles. The second kappa shape index (κ2) is 8.56. The van der Waals surface area contributed by atoms with Crippen LogP contribution in [0.1, 0.15) is 37.9 Å². The summed E-state index contributed by atoms with van der Waals surface area (Å²) >= 11 is 0. The molecule has 0 amide bonds. The van der Waals surface area contributed by atoms with Crippen molar-refractivity contribution in [2.75, 3.05) is 13.1 Å². The summed E-state index contributed by atoms with van der Waals surface area (Å²) < 4.78 is 39.3. The first-order chi connectivity index (χ1) is 11.9. The van der Waals surface area contributed by atoms with Gasteiger partial charge in [-0.05, 0) is 42.3 Å². The van der Waals surface area contributed by atoms with Gasteiger partial charge in [0.15, 0.2) is 0 Å². The predicted octanol–water partition coefficient (Wildman–Crippen LogP) is 3.71. The molecule has 2 rings (SSSR count). The van der Waals surface area contributed by atoms with Gasteiger partial charge in [-0.15, -0.1) is 0 Å². The molecule has 0 aromatic heterocycles. The van der Waals surface area contributed by atoms with E-state index >= 15 is 0 Å². The van der Waals surface area contributed by atoms with Gasteiger partial charge < -0.3 is 5.32 Å². The standard InChI is InChI=1S/C19H25FN2O2S/c1-4-22(5-2)25(23,24)19-12-8-17(9-13-19)15(3)21-14-16-6-10-18(20)11-7-16/h6-13,15,21H,4-5,14H2,1-3H3/t15-/m0/s1. The highest BCUT2D eigenvalue weighted by Gasteiger charge is 2.21. The third-order valence-corrected chi connectivity index (χ3v) is 6.31. The predicted molar refractivity (Wildman–Crippen MR) is 98.2 cm³/mol. The smallest absolute Gasteiger partial charge is 0.243 e. The Balaban J connectivity index is 2.04. The molecule has 0 aliphatic heterocycles. The van der Waals surface area contributed by atoms with Crippen molar-refractivity contribution in [3.8, 4) is 0 Å². The molecule has 0 saturated heterocycles. The molecule has 2 aromatic carbocycles. The number of hydrogen-bond acceptors (Lipinski definition) is 3. The van der Waals surface area contributed by atoms with Crippen LogP contribution in [0.25, 0.3) is 0 Å². The average molecular weight is 364 g/mol. The van der Waals surface area contributed by atoms with Crippen molar-refractivity contribution in [1.29, 1.82) is 0 Å². The molecule has 6 heteroatoms. The highest BCUT2D eigenvalue weighted by atomic mass is 32.2. The Morgan fingerprint density at radius 1 is 1.00 bits per heavy atom. The molecule has 0 radical (unpaired) electrons. The highest BCUT2D eigenvalue weighted by Crippen LogP contribution is 2.19. The second-order valence-electron chi connectivity index (χ2n) is 5.89. The van der Waals surface area contributed by atoms with Crippen LogP contribution < -0.4 is 5.32 Å². The summed E-state index contributed by atoms with van der Waals surface area (Å²) in [5, 5.41) is 3.36. The first kappa shape index (κ1) is 19.6. The van der Waals surface area contributed by atoms with E-state index in [0.717, 1.165) is 11.1 Å². The lowest BCUT2D eigenvalue weighted by molar-refractivity contribution is 0.445. The molecular weight excluding hydrogens is 339 g/mol. The molecule has 0 spiro atoms. The minimum absolute atomic E-state index is 0.0512. The van der Waals surface area contributed by atoms with Gasteiger partial charge in [0.2, 0.25) is 10.0 Å². The van der Waals surface area contributed by atoms with Crippen LogP contribution in [-0.2, 0) is 16.6 Å². The summed E-state index contributed by atoms with van der Waals surface area (Å²) in [6, 6.07) is 13.4. The minimum atomic E-state index is -3.43. The van der Waals surface area contributed by atoms with E-state index in [0.29, 0.717) is 24.5 Å². The summed E-state index contributed by atoms with van der Waals surface area (Å²) in [6.45, 7) is 7.19. The Bertz CT molecular complexity index is 770. The summed E-state index contributed by atoms with van der Waals surface area (Å²) in [6.07, 6.45) is 0. The Morgan fingerprint density at radius 2 is 1.56 bits per heavy atom. The monoisotopic (exact) mass is 364 g/mol. The van der Waals surface area contributed by atoms with Crippen LogP contribution in [0.15, 0.2) is 53.4 Å². The van der Waals surface area contributed by atoms with Crippen LogP contribution in [0.4, 0.5) is 4.39 Å². The topological polar surface area (TPSA) is 49.4 Å². The molecule has 4 nitrogen and oxygen atoms in total. The first-order valence-electron chi connectivity index (χ1n) is 8.46. The van der Waals surface area contributed by atoms with Crippen molar-refractivity contribution in [3.63, 3.8) is 0 Å². The fraction of sp³-hybridized carbons (Fsp3) is 0.368. The lowest BCUT2D eigenvalue weighted by Crippen LogP contribution is -2.30. The second-order valence-corrected chi connectivity index (χ2v) is 7.83. The number of benzene rings is 2. The molecule has 0 aliphatic rings. The molecule has 2 aromatic rings. The van der Waals surface area contributed by atoms with Crippen molar-refractivity contribution >= 4 is 10.0 Å². The van der Waals surface area contributed by atoms with Gasteiger partial charge in [-0.2, -0.15) is 4.31 Å². The van der Waals surface area contributed by atoms with Crippen molar-refractivity contribution < 1.29 is 12.8 Å². The van der Waals surface area contributed by atoms with E-state index in [2.05, 4.69) is 5.32 Å². The molecule has 0 unspecified atom stereocenters. The van der Waals surface area contributed by atoms with E-state index in [1.165, 1.54) is 16.4 Å². The SMILES string of the molecule is CCN(CC)S(=O)(=O)c1ccc([C@H](C)NCc2ccc(F)cc2)cc1. The van der Waals surface area contributed by atoms with E-state index in [1.807, 2.05) is 32.9 Å². The third-order valence-electron chi connectivity index (χ3n) is 4.25. The van der Waals surface area contributed by atoms with Gasteiger partial charge in [0.25, 0.3) is 0 Å². The summed E-state index contributed by atoms with van der Waals surface area (Å²) in [7, 11) is -3.43. The Labute approximate surface area is 149 Å². The fourth-order valence-electron chi connectivity index (χ4n) is 2.63. The molecule has 136 valence electrons. The number of hydrogen-bond donors (Lipinski definition) is 1. The van der Waals surface area contributed by atoms with E-state index in [4.69, 9.17) is 0 Å². The van der Waals surface area contributed by atoms with E-state index < -0.39 is 10.0 Å². The van der Waals surface area contributed by atoms with E-state index in [9.17, 15) is 12.8 Å². The van der Waals surface area contributed by atoms with Crippen LogP contribution in [0.2, 0.25) is 0 Å². The zero-order chi connectivity index (χ0) is 18.4. The number of nitrogens with one attached hydrogen (secondary N) is 1. The number of sulfonamides is 1. The largest absolute Gasteiger partial charge is 0.306 e. The van der Waals surface area contributed by atoms with E-state index in [1.54, 1.807) is 24.3 Å². The first-order valence-corrected chi connectivity index (χ1v) is 9.90. The highest BCUT2D eigenvalue weighted by molar-refractivity contribution is 7.89. The lowest BCUT2D eigenvalue weighted by Gasteiger charge is -2.19. The maximum absolute atomic E-state index is 12.9. The van der Waals surface area contributed by atoms with Gasteiger partial charge >= 0.3 is 0 Å². The number of halogens is 1. The van der Waals surface area contributed by atoms with Gasteiger partial charge in [-0.3, -0.25) is 0 Å². The van der Waals surface area contributed by atoms with Crippen molar-refractivity contribution in [2.24, 2.45) is 0 Å². The zero-order valence-corrected chi connectivity index (χ0v) is 15.7. The molecule has 25 heavy (non-hydrogen) atoms. The normalized spacial score (nSPS) is 13.2. The molecule has 1 N–H and O–H groups in total. The van der Waals surface area contributed by atoms with Crippen molar-refractivity contribution in [2.45, 2.75) is 38.3 Å². The van der Waals surface area contributed by atoms with Crippen LogP contribution in [-0.4, -0.2) is 25.8 Å². The minimum Gasteiger partial charge on any atom is -0.306 e. The number of nitrogens with zero attached hydrogens (tertiary/aromatic N) is 1. The molecule has 0 fully saturated rings. The van der Waals surface area contributed by atoms with E-state index in [-0.39, 0.29) is 11.9 Å². The van der Waals surface area contributed by atoms with Crippen molar-refractivity contribution in [3.05, 3.63) is 65.5 Å². The molecule has 0 heterocycles. The zero-order valence-electron chi connectivity index (χ0n) is 14.9. The fourth-order valence-corrected chi connectivity index (χ4v) is 4.09. The van der Waals surface area contributed by atoms with Gasteiger partial charge in [0, 0.05) is 25.7 Å². The molecular formula is C19H25FN2O2S. The van der Waals surface area contributed by atoms with Crippen LogP contribution in [0.5, 0.6) is 0 Å². The maximum atomic E-state index is 12.9. The average Bonchev–Trinajstić information content (AvgIpc) is 2.62. The lowest BCUT2D eigenvalue weighted by atomic mass is 10.1. The molecule has 0 saturated carbocycles. The van der Waals surface area contributed by atoms with Gasteiger partial charge in [-0.1, -0.05) is 38.1 Å². The van der Waals surface area contributed by atoms with Crippen LogP contribution >= 0.6 is 0 Å². The Hall–Kier alpha value is -1.76. The number of rotatable bonds is 8. The van der Waals surface area contributed by atoms with Crippen LogP contribution in [0, 0.1) is 5.82 Å². The van der Waals surface area contributed by atoms with Gasteiger partial charge in [0.1, 0.15) is 5.82 Å². The quantitative estimate of drug-likeness (QED) is 0.777. The summed E-state index contributed by atoms with van der Waals surface area (Å²) in [4.78, 5) is 0.311. The van der Waals surface area contributed by atoms with Crippen LogP contribution in [0.3, 0.4) is 0 Å². The van der Waals surface area contributed by atoms with Gasteiger partial charge in [0.05, 0.1) is 4.90 Å². The summed E-state index contributed by atoms with van der Waals surface area (Å²) in [5.41, 5.74) is 1.99. The molecule has 0 bridgehead atoms. The molecule has 1 atom stereocenters. The van der Waals surface area contributed by atoms with Gasteiger partial charge in [-0.25, -0.2) is 12.8 Å². The third kappa shape index (κ3) is 4.87. The Morgan fingerprint density at radius 3 is 2.08 bits per heavy atom. The van der Waals surface area contributed by atoms with Crippen molar-refractivity contribution in [1.82, 2.24) is 9.62 Å². The maximum Gasteiger partial charge on any atom is 0.243 e.